The van der Waals surface area contributed by atoms with Crippen molar-refractivity contribution in [1.29, 1.82) is 0 Å². The topological polar surface area (TPSA) is 50.4 Å². The predicted octanol–water partition coefficient (Wildman–Crippen LogP) is 3.01. The Morgan fingerprint density at radius 3 is 2.29 bits per heavy atom. The Morgan fingerprint density at radius 2 is 1.62 bits per heavy atom. The fraction of sp³-hybridized carbons (Fsp3) is 0.350. The van der Waals surface area contributed by atoms with Gasteiger partial charge in [-0.1, -0.05) is 48.5 Å². The van der Waals surface area contributed by atoms with Gasteiger partial charge in [-0.05, 0) is 37.0 Å². The Hall–Kier alpha value is -2.17. The number of para-hydroxylation sites is 1. The molecule has 3 rings (SSSR count). The molecular weight excluding hydrogens is 300 g/mol. The molecule has 2 aromatic carbocycles. The van der Waals surface area contributed by atoms with Gasteiger partial charge >= 0.3 is 0 Å². The molecule has 2 aromatic rings. The summed E-state index contributed by atoms with van der Waals surface area (Å²) in [6.07, 6.45) is 2.57. The number of hydrogen-bond donors (Lipinski definition) is 2. The van der Waals surface area contributed by atoms with E-state index in [1.165, 1.54) is 0 Å². The van der Waals surface area contributed by atoms with Gasteiger partial charge in [-0.2, -0.15) is 0 Å². The van der Waals surface area contributed by atoms with Gasteiger partial charge in [0.25, 0.3) is 0 Å². The molecule has 1 heterocycles. The number of amides is 1. The minimum absolute atomic E-state index is 0.0107. The first-order chi connectivity index (χ1) is 11.8. The zero-order valence-electron chi connectivity index (χ0n) is 13.8. The zero-order chi connectivity index (χ0) is 16.6. The van der Waals surface area contributed by atoms with Crippen LogP contribution in [0, 0.1) is 0 Å². The highest BCUT2D eigenvalue weighted by Gasteiger charge is 2.24. The fourth-order valence-corrected chi connectivity index (χ4v) is 2.98. The van der Waals surface area contributed by atoms with Crippen LogP contribution in [0.4, 0.5) is 5.69 Å². The molecule has 1 fully saturated rings. The van der Waals surface area contributed by atoms with Crippen LogP contribution in [0.15, 0.2) is 60.7 Å². The molecule has 1 aliphatic heterocycles. The van der Waals surface area contributed by atoms with Crippen LogP contribution in [0.1, 0.15) is 18.4 Å². The lowest BCUT2D eigenvalue weighted by Crippen LogP contribution is -2.48. The Bertz CT molecular complexity index is 625. The number of hydrogen-bond acceptors (Lipinski definition) is 3. The van der Waals surface area contributed by atoms with E-state index in [2.05, 4.69) is 22.8 Å². The normalized spacial score (nSPS) is 16.5. The second kappa shape index (κ2) is 8.62. The highest BCUT2D eigenvalue weighted by molar-refractivity contribution is 5.95. The smallest absolute Gasteiger partial charge is 0.241 e. The highest BCUT2D eigenvalue weighted by atomic mass is 16.5. The van der Waals surface area contributed by atoms with E-state index in [1.54, 1.807) is 0 Å². The molecule has 0 bridgehead atoms. The fourth-order valence-electron chi connectivity index (χ4n) is 2.98. The Labute approximate surface area is 143 Å². The third-order valence-electron chi connectivity index (χ3n) is 4.30. The number of benzene rings is 2. The quantitative estimate of drug-likeness (QED) is 0.859. The van der Waals surface area contributed by atoms with E-state index < -0.39 is 0 Å². The second-order valence-electron chi connectivity index (χ2n) is 6.15. The Balaban J connectivity index is 1.69. The van der Waals surface area contributed by atoms with E-state index in [0.29, 0.717) is 12.5 Å². The van der Waals surface area contributed by atoms with Crippen molar-refractivity contribution in [2.24, 2.45) is 0 Å². The molecule has 0 saturated carbocycles. The molecule has 24 heavy (non-hydrogen) atoms. The van der Waals surface area contributed by atoms with E-state index in [9.17, 15) is 4.79 Å². The predicted molar refractivity (Wildman–Crippen MR) is 96.0 cm³/mol. The molecule has 4 heteroatoms. The van der Waals surface area contributed by atoms with Crippen LogP contribution in [0.2, 0.25) is 0 Å². The lowest BCUT2D eigenvalue weighted by atomic mass is 10.0. The van der Waals surface area contributed by atoms with Crippen LogP contribution < -0.4 is 10.6 Å². The maximum Gasteiger partial charge on any atom is 0.241 e. The van der Waals surface area contributed by atoms with Crippen molar-refractivity contribution >= 4 is 11.6 Å². The van der Waals surface area contributed by atoms with E-state index in [1.807, 2.05) is 48.5 Å². The molecule has 1 amide bonds. The molecule has 1 unspecified atom stereocenters. The lowest BCUT2D eigenvalue weighted by molar-refractivity contribution is -0.118. The van der Waals surface area contributed by atoms with Gasteiger partial charge < -0.3 is 15.4 Å². The van der Waals surface area contributed by atoms with Gasteiger partial charge in [-0.3, -0.25) is 4.79 Å². The Morgan fingerprint density at radius 1 is 1.00 bits per heavy atom. The average Bonchev–Trinajstić information content (AvgIpc) is 2.64. The zero-order valence-corrected chi connectivity index (χ0v) is 13.8. The van der Waals surface area contributed by atoms with Crippen LogP contribution in [0.25, 0.3) is 0 Å². The van der Waals surface area contributed by atoms with E-state index in [0.717, 1.165) is 37.3 Å². The van der Waals surface area contributed by atoms with Crippen LogP contribution in [0.5, 0.6) is 0 Å². The summed E-state index contributed by atoms with van der Waals surface area (Å²) in [5.41, 5.74) is 1.99. The molecule has 126 valence electrons. The summed E-state index contributed by atoms with van der Waals surface area (Å²) >= 11 is 0. The summed E-state index contributed by atoms with van der Waals surface area (Å²) in [5, 5.41) is 6.55. The van der Waals surface area contributed by atoms with Crippen molar-refractivity contribution in [1.82, 2.24) is 5.32 Å². The molecule has 1 atom stereocenters. The standard InChI is InChI=1S/C20H24N2O2/c23-20(22-17-9-5-2-6-10-17)19(15-16-7-3-1-4-8-16)21-18-11-13-24-14-12-18/h1-10,18-19,21H,11-15H2,(H,22,23). The van der Waals surface area contributed by atoms with Gasteiger partial charge in [0.15, 0.2) is 0 Å². The van der Waals surface area contributed by atoms with Crippen LogP contribution in [0.3, 0.4) is 0 Å². The molecule has 1 aliphatic rings. The number of anilines is 1. The SMILES string of the molecule is O=C(Nc1ccccc1)C(Cc1ccccc1)NC1CCOCC1. The minimum atomic E-state index is -0.254. The minimum Gasteiger partial charge on any atom is -0.381 e. The summed E-state index contributed by atoms with van der Waals surface area (Å²) in [7, 11) is 0. The van der Waals surface area contributed by atoms with Crippen molar-refractivity contribution in [3.8, 4) is 0 Å². The van der Waals surface area contributed by atoms with Crippen molar-refractivity contribution in [3.63, 3.8) is 0 Å². The third-order valence-corrected chi connectivity index (χ3v) is 4.30. The molecule has 0 aliphatic carbocycles. The first-order valence-corrected chi connectivity index (χ1v) is 8.55. The Kier molecular flexibility index (Phi) is 5.99. The van der Waals surface area contributed by atoms with Gasteiger partial charge in [0.05, 0.1) is 6.04 Å². The van der Waals surface area contributed by atoms with E-state index >= 15 is 0 Å². The second-order valence-corrected chi connectivity index (χ2v) is 6.15. The van der Waals surface area contributed by atoms with Gasteiger partial charge in [0.2, 0.25) is 5.91 Å². The summed E-state index contributed by atoms with van der Waals surface area (Å²) in [6.45, 7) is 1.52. The number of nitrogens with one attached hydrogen (secondary N) is 2. The summed E-state index contributed by atoms with van der Waals surface area (Å²) in [6, 6.07) is 19.8. The van der Waals surface area contributed by atoms with Gasteiger partial charge in [-0.15, -0.1) is 0 Å². The van der Waals surface area contributed by atoms with E-state index in [4.69, 9.17) is 4.74 Å². The average molecular weight is 324 g/mol. The van der Waals surface area contributed by atoms with Gasteiger partial charge in [0, 0.05) is 24.9 Å². The van der Waals surface area contributed by atoms with Gasteiger partial charge in [-0.25, -0.2) is 0 Å². The third kappa shape index (κ3) is 4.91. The van der Waals surface area contributed by atoms with Crippen molar-refractivity contribution < 1.29 is 9.53 Å². The molecule has 0 radical (unpaired) electrons. The lowest BCUT2D eigenvalue weighted by Gasteiger charge is -2.28. The molecule has 0 aromatic heterocycles. The van der Waals surface area contributed by atoms with Crippen LogP contribution >= 0.6 is 0 Å². The molecule has 4 nitrogen and oxygen atoms in total. The number of carbonyl (C=O) groups is 1. The summed E-state index contributed by atoms with van der Waals surface area (Å²) in [4.78, 5) is 12.8. The molecule has 1 saturated heterocycles. The number of rotatable bonds is 6. The maximum absolute atomic E-state index is 12.8. The van der Waals surface area contributed by atoms with Crippen molar-refractivity contribution in [3.05, 3.63) is 66.2 Å². The largest absolute Gasteiger partial charge is 0.381 e. The highest BCUT2D eigenvalue weighted by Crippen LogP contribution is 2.12. The first-order valence-electron chi connectivity index (χ1n) is 8.55. The van der Waals surface area contributed by atoms with Crippen molar-refractivity contribution in [2.75, 3.05) is 18.5 Å². The first kappa shape index (κ1) is 16.7. The van der Waals surface area contributed by atoms with Crippen LogP contribution in [-0.2, 0) is 16.0 Å². The molecular formula is C20H24N2O2. The maximum atomic E-state index is 12.8. The number of carbonyl (C=O) groups excluding carboxylic acids is 1. The number of ether oxygens (including phenoxy) is 1. The van der Waals surface area contributed by atoms with Crippen molar-refractivity contribution in [2.45, 2.75) is 31.3 Å². The summed E-state index contributed by atoms with van der Waals surface area (Å²) < 4.78 is 5.42. The summed E-state index contributed by atoms with van der Waals surface area (Å²) in [5.74, 6) is 0.0107. The van der Waals surface area contributed by atoms with Gasteiger partial charge in [0.1, 0.15) is 0 Å². The van der Waals surface area contributed by atoms with E-state index in [-0.39, 0.29) is 11.9 Å². The molecule has 2 N–H and O–H groups in total. The monoisotopic (exact) mass is 324 g/mol. The molecule has 0 spiro atoms. The van der Waals surface area contributed by atoms with Crippen LogP contribution in [-0.4, -0.2) is 31.2 Å².